The third kappa shape index (κ3) is 3.85. The quantitative estimate of drug-likeness (QED) is 0.641. The molecular formula is C11H20N2O5. The number of carbonyl (C=O) groups is 2. The Labute approximate surface area is 106 Å². The fourth-order valence-corrected chi connectivity index (χ4v) is 1.69. The smallest absolute Gasteiger partial charge is 0.337 e. The Morgan fingerprint density at radius 3 is 2.50 bits per heavy atom. The van der Waals surface area contributed by atoms with Crippen LogP contribution in [0.1, 0.15) is 19.8 Å². The fraction of sp³-hybridized carbons (Fsp3) is 0.818. The maximum absolute atomic E-state index is 11.8. The van der Waals surface area contributed by atoms with E-state index in [1.165, 1.54) is 4.90 Å². The number of hydrogen-bond acceptors (Lipinski definition) is 4. The number of carboxylic acid groups (broad SMARTS) is 1. The molecule has 2 amide bonds. The molecule has 0 saturated carbocycles. The van der Waals surface area contributed by atoms with Crippen molar-refractivity contribution >= 4 is 12.0 Å². The molecule has 0 spiro atoms. The van der Waals surface area contributed by atoms with Gasteiger partial charge < -0.3 is 25.2 Å². The number of urea groups is 1. The monoisotopic (exact) mass is 260 g/mol. The van der Waals surface area contributed by atoms with Gasteiger partial charge in [0.15, 0.2) is 5.60 Å². The molecule has 0 aliphatic carbocycles. The molecule has 1 rings (SSSR count). The minimum atomic E-state index is -1.95. The largest absolute Gasteiger partial charge is 0.479 e. The highest BCUT2D eigenvalue weighted by Gasteiger charge is 2.31. The number of nitrogens with one attached hydrogen (secondary N) is 1. The summed E-state index contributed by atoms with van der Waals surface area (Å²) in [5, 5.41) is 20.6. The molecule has 104 valence electrons. The number of rotatable bonds is 4. The summed E-state index contributed by atoms with van der Waals surface area (Å²) in [5.74, 6) is -1.36. The van der Waals surface area contributed by atoms with E-state index in [9.17, 15) is 14.7 Å². The number of amides is 2. The van der Waals surface area contributed by atoms with E-state index in [2.05, 4.69) is 5.32 Å². The highest BCUT2D eigenvalue weighted by molar-refractivity contribution is 5.79. The second-order valence-electron chi connectivity index (χ2n) is 4.69. The molecule has 0 bridgehead atoms. The summed E-state index contributed by atoms with van der Waals surface area (Å²) in [7, 11) is 1.65. The first kappa shape index (κ1) is 14.7. The highest BCUT2D eigenvalue weighted by Crippen LogP contribution is 2.12. The van der Waals surface area contributed by atoms with Crippen molar-refractivity contribution in [1.29, 1.82) is 0 Å². The number of nitrogens with zero attached hydrogens (tertiary/aromatic N) is 1. The zero-order chi connectivity index (χ0) is 13.8. The predicted octanol–water partition coefficient (Wildman–Crippen LogP) is -0.358. The molecule has 1 atom stereocenters. The van der Waals surface area contributed by atoms with Crippen molar-refractivity contribution in [1.82, 2.24) is 10.2 Å². The van der Waals surface area contributed by atoms with Gasteiger partial charge in [0, 0.05) is 26.3 Å². The fourth-order valence-electron chi connectivity index (χ4n) is 1.69. The normalized spacial score (nSPS) is 19.9. The predicted molar refractivity (Wildman–Crippen MR) is 63.3 cm³/mol. The molecule has 1 aliphatic heterocycles. The Morgan fingerprint density at radius 1 is 1.44 bits per heavy atom. The van der Waals surface area contributed by atoms with Crippen LogP contribution >= 0.6 is 0 Å². The summed E-state index contributed by atoms with van der Waals surface area (Å²) in [6.45, 7) is 2.06. The number of hydrogen-bond donors (Lipinski definition) is 3. The zero-order valence-electron chi connectivity index (χ0n) is 10.7. The third-order valence-electron chi connectivity index (χ3n) is 3.10. The summed E-state index contributed by atoms with van der Waals surface area (Å²) < 4.78 is 5.20. The average Bonchev–Trinajstić information content (AvgIpc) is 2.36. The van der Waals surface area contributed by atoms with Crippen molar-refractivity contribution in [3.63, 3.8) is 0 Å². The zero-order valence-corrected chi connectivity index (χ0v) is 10.7. The Hall–Kier alpha value is -1.34. The van der Waals surface area contributed by atoms with Gasteiger partial charge in [-0.1, -0.05) is 0 Å². The van der Waals surface area contributed by atoms with Crippen molar-refractivity contribution in [3.8, 4) is 0 Å². The second kappa shape index (κ2) is 6.01. The molecular weight excluding hydrogens is 240 g/mol. The Bertz CT molecular complexity index is 313. The first-order valence-electron chi connectivity index (χ1n) is 5.89. The van der Waals surface area contributed by atoms with Gasteiger partial charge in [0.25, 0.3) is 0 Å². The van der Waals surface area contributed by atoms with Crippen LogP contribution in [-0.2, 0) is 9.53 Å². The van der Waals surface area contributed by atoms with Crippen LogP contribution in [0.3, 0.4) is 0 Å². The molecule has 0 aromatic carbocycles. The molecule has 1 fully saturated rings. The Kier molecular flexibility index (Phi) is 4.92. The lowest BCUT2D eigenvalue weighted by Gasteiger charge is -2.32. The maximum Gasteiger partial charge on any atom is 0.337 e. The lowest BCUT2D eigenvalue weighted by molar-refractivity contribution is -0.155. The highest BCUT2D eigenvalue weighted by atomic mass is 16.5. The molecule has 0 aromatic heterocycles. The number of carbonyl (C=O) groups excluding carboxylic acids is 1. The van der Waals surface area contributed by atoms with Gasteiger partial charge in [-0.3, -0.25) is 0 Å². The Balaban J connectivity index is 2.42. The van der Waals surface area contributed by atoms with Crippen LogP contribution in [0, 0.1) is 0 Å². The van der Waals surface area contributed by atoms with Crippen molar-refractivity contribution in [3.05, 3.63) is 0 Å². The van der Waals surface area contributed by atoms with Crippen molar-refractivity contribution in [2.75, 3.05) is 26.8 Å². The topological polar surface area (TPSA) is 99.1 Å². The third-order valence-corrected chi connectivity index (χ3v) is 3.10. The molecule has 7 nitrogen and oxygen atoms in total. The van der Waals surface area contributed by atoms with E-state index in [1.54, 1.807) is 7.05 Å². The maximum atomic E-state index is 11.8. The van der Waals surface area contributed by atoms with E-state index in [0.29, 0.717) is 13.2 Å². The lowest BCUT2D eigenvalue weighted by atomic mass is 10.1. The van der Waals surface area contributed by atoms with Gasteiger partial charge in [-0.25, -0.2) is 9.59 Å². The van der Waals surface area contributed by atoms with Crippen LogP contribution in [0.5, 0.6) is 0 Å². The molecule has 0 radical (unpaired) electrons. The summed E-state index contributed by atoms with van der Waals surface area (Å²) in [6.07, 6.45) is 1.53. The number of ether oxygens (including phenoxy) is 1. The van der Waals surface area contributed by atoms with Crippen LogP contribution in [0.4, 0.5) is 4.79 Å². The van der Waals surface area contributed by atoms with Gasteiger partial charge in [0.1, 0.15) is 0 Å². The van der Waals surface area contributed by atoms with E-state index in [1.807, 2.05) is 0 Å². The SMILES string of the molecule is CN(C(=O)NCC(C)(O)C(=O)O)C1CCOCC1. The Morgan fingerprint density at radius 2 is 2.00 bits per heavy atom. The molecule has 1 saturated heterocycles. The van der Waals surface area contributed by atoms with E-state index < -0.39 is 11.6 Å². The van der Waals surface area contributed by atoms with E-state index >= 15 is 0 Å². The van der Waals surface area contributed by atoms with Crippen LogP contribution in [0.25, 0.3) is 0 Å². The molecule has 0 aromatic rings. The summed E-state index contributed by atoms with van der Waals surface area (Å²) >= 11 is 0. The minimum Gasteiger partial charge on any atom is -0.479 e. The first-order valence-corrected chi connectivity index (χ1v) is 5.89. The molecule has 1 heterocycles. The van der Waals surface area contributed by atoms with Crippen LogP contribution in [0.2, 0.25) is 0 Å². The molecule has 7 heteroatoms. The van der Waals surface area contributed by atoms with Crippen LogP contribution in [-0.4, -0.2) is 65.6 Å². The summed E-state index contributed by atoms with van der Waals surface area (Å²) in [6, 6.07) is -0.294. The molecule has 18 heavy (non-hydrogen) atoms. The average molecular weight is 260 g/mol. The van der Waals surface area contributed by atoms with Gasteiger partial charge in [0.2, 0.25) is 0 Å². The van der Waals surface area contributed by atoms with Gasteiger partial charge in [0.05, 0.1) is 6.54 Å². The van der Waals surface area contributed by atoms with Gasteiger partial charge >= 0.3 is 12.0 Å². The van der Waals surface area contributed by atoms with Crippen LogP contribution in [0.15, 0.2) is 0 Å². The summed E-state index contributed by atoms with van der Waals surface area (Å²) in [4.78, 5) is 24.0. The second-order valence-corrected chi connectivity index (χ2v) is 4.69. The van der Waals surface area contributed by atoms with Gasteiger partial charge in [-0.05, 0) is 19.8 Å². The van der Waals surface area contributed by atoms with Crippen LogP contribution < -0.4 is 5.32 Å². The number of carboxylic acids is 1. The minimum absolute atomic E-state index is 0.0912. The van der Waals surface area contributed by atoms with E-state index in [0.717, 1.165) is 19.8 Å². The van der Waals surface area contributed by atoms with Crippen molar-refractivity contribution in [2.24, 2.45) is 0 Å². The van der Waals surface area contributed by atoms with Gasteiger partial charge in [-0.15, -0.1) is 0 Å². The van der Waals surface area contributed by atoms with Crippen molar-refractivity contribution < 1.29 is 24.5 Å². The van der Waals surface area contributed by atoms with E-state index in [4.69, 9.17) is 9.84 Å². The lowest BCUT2D eigenvalue weighted by Crippen LogP contribution is -2.52. The van der Waals surface area contributed by atoms with E-state index in [-0.39, 0.29) is 18.6 Å². The van der Waals surface area contributed by atoms with Gasteiger partial charge in [-0.2, -0.15) is 0 Å². The number of aliphatic hydroxyl groups is 1. The molecule has 1 unspecified atom stereocenters. The summed E-state index contributed by atoms with van der Waals surface area (Å²) in [5.41, 5.74) is -1.95. The molecule has 1 aliphatic rings. The van der Waals surface area contributed by atoms with Crippen molar-refractivity contribution in [2.45, 2.75) is 31.4 Å². The standard InChI is InChI=1S/C11H20N2O5/c1-11(17,9(14)15)7-12-10(16)13(2)8-3-5-18-6-4-8/h8,17H,3-7H2,1-2H3,(H,12,16)(H,14,15). The first-order chi connectivity index (χ1) is 8.34. The number of aliphatic carboxylic acids is 1. The molecule has 3 N–H and O–H groups in total.